The van der Waals surface area contributed by atoms with Crippen LogP contribution in [-0.4, -0.2) is 15.5 Å². The summed E-state index contributed by atoms with van der Waals surface area (Å²) < 4.78 is 52.6. The van der Waals surface area contributed by atoms with E-state index in [9.17, 15) is 17.2 Å². The molecule has 90 valence electrons. The van der Waals surface area contributed by atoms with Crippen molar-refractivity contribution in [2.24, 2.45) is 0 Å². The van der Waals surface area contributed by atoms with Crippen LogP contribution in [0.25, 0.3) is 0 Å². The molecule has 1 aromatic carbocycles. The minimum absolute atomic E-state index is 0.225. The van der Waals surface area contributed by atoms with Crippen LogP contribution < -0.4 is 4.74 Å². The van der Waals surface area contributed by atoms with Crippen molar-refractivity contribution in [2.45, 2.75) is 5.75 Å². The number of methoxy groups -OCH3 is 1. The van der Waals surface area contributed by atoms with Crippen molar-refractivity contribution in [1.29, 1.82) is 0 Å². The lowest BCUT2D eigenvalue weighted by molar-refractivity contribution is 0.400. The van der Waals surface area contributed by atoms with E-state index < -0.39 is 32.0 Å². The Labute approximate surface area is 100 Å². The van der Waals surface area contributed by atoms with E-state index >= 15 is 0 Å². The summed E-state index contributed by atoms with van der Waals surface area (Å²) in [6, 6.07) is 0.695. The second kappa shape index (κ2) is 4.73. The van der Waals surface area contributed by atoms with Gasteiger partial charge in [-0.1, -0.05) is 11.6 Å². The average Bonchev–Trinajstić information content (AvgIpc) is 2.12. The molecule has 0 heterocycles. The van der Waals surface area contributed by atoms with Crippen LogP contribution in [0.2, 0.25) is 5.02 Å². The molecule has 0 aliphatic carbocycles. The maximum absolute atomic E-state index is 13.3. The maximum Gasteiger partial charge on any atom is 0.237 e. The van der Waals surface area contributed by atoms with Crippen molar-refractivity contribution in [1.82, 2.24) is 0 Å². The summed E-state index contributed by atoms with van der Waals surface area (Å²) in [5, 5.41) is -0.225. The number of halogens is 4. The first kappa shape index (κ1) is 13.5. The van der Waals surface area contributed by atoms with Gasteiger partial charge in [0.25, 0.3) is 0 Å². The van der Waals surface area contributed by atoms with Crippen LogP contribution in [0.4, 0.5) is 8.78 Å². The minimum Gasteiger partial charge on any atom is -0.495 e. The Morgan fingerprint density at radius 3 is 2.44 bits per heavy atom. The molecule has 16 heavy (non-hydrogen) atoms. The smallest absolute Gasteiger partial charge is 0.237 e. The van der Waals surface area contributed by atoms with Gasteiger partial charge in [0.2, 0.25) is 9.05 Å². The quantitative estimate of drug-likeness (QED) is 0.635. The molecule has 0 amide bonds. The van der Waals surface area contributed by atoms with E-state index in [1.807, 2.05) is 0 Å². The lowest BCUT2D eigenvalue weighted by atomic mass is 10.2. The summed E-state index contributed by atoms with van der Waals surface area (Å²) in [7, 11) is 2.07. The van der Waals surface area contributed by atoms with Crippen molar-refractivity contribution in [3.8, 4) is 5.75 Å². The van der Waals surface area contributed by atoms with Gasteiger partial charge in [0.15, 0.2) is 11.6 Å². The summed E-state index contributed by atoms with van der Waals surface area (Å²) in [4.78, 5) is 0. The van der Waals surface area contributed by atoms with Gasteiger partial charge in [0.05, 0.1) is 23.4 Å². The van der Waals surface area contributed by atoms with Crippen LogP contribution in [0.5, 0.6) is 5.75 Å². The normalized spacial score (nSPS) is 11.6. The highest BCUT2D eigenvalue weighted by atomic mass is 35.7. The van der Waals surface area contributed by atoms with Crippen LogP contribution in [-0.2, 0) is 14.8 Å². The molecule has 0 spiro atoms. The van der Waals surface area contributed by atoms with Crippen molar-refractivity contribution >= 4 is 31.3 Å². The summed E-state index contributed by atoms with van der Waals surface area (Å²) in [6.45, 7) is 0. The zero-order valence-electron chi connectivity index (χ0n) is 7.93. The van der Waals surface area contributed by atoms with Gasteiger partial charge >= 0.3 is 0 Å². The summed E-state index contributed by atoms with van der Waals surface area (Å²) in [5.41, 5.74) is -0.525. The Morgan fingerprint density at radius 1 is 1.44 bits per heavy atom. The van der Waals surface area contributed by atoms with Crippen molar-refractivity contribution in [3.05, 3.63) is 28.3 Å². The monoisotopic (exact) mass is 290 g/mol. The van der Waals surface area contributed by atoms with E-state index in [1.165, 1.54) is 0 Å². The third-order valence-electron chi connectivity index (χ3n) is 1.74. The molecule has 0 bridgehead atoms. The Morgan fingerprint density at radius 2 is 2.00 bits per heavy atom. The zero-order chi connectivity index (χ0) is 12.5. The third-order valence-corrected chi connectivity index (χ3v) is 2.98. The highest BCUT2D eigenvalue weighted by Gasteiger charge is 2.22. The summed E-state index contributed by atoms with van der Waals surface area (Å²) in [5.74, 6) is -3.75. The molecule has 1 rings (SSSR count). The zero-order valence-corrected chi connectivity index (χ0v) is 10.3. The number of ether oxygens (including phenoxy) is 1. The molecule has 0 fully saturated rings. The first-order chi connectivity index (χ1) is 7.26. The van der Waals surface area contributed by atoms with Gasteiger partial charge < -0.3 is 4.74 Å². The van der Waals surface area contributed by atoms with Gasteiger partial charge in [-0.2, -0.15) is 0 Å². The van der Waals surface area contributed by atoms with Gasteiger partial charge in [-0.3, -0.25) is 0 Å². The van der Waals surface area contributed by atoms with Crippen molar-refractivity contribution in [2.75, 3.05) is 7.11 Å². The molecule has 0 aliphatic heterocycles. The fourth-order valence-electron chi connectivity index (χ4n) is 1.15. The van der Waals surface area contributed by atoms with E-state index in [0.29, 0.717) is 6.07 Å². The summed E-state index contributed by atoms with van der Waals surface area (Å²) in [6.07, 6.45) is 0. The second-order valence-corrected chi connectivity index (χ2v) is 6.03. The number of hydrogen-bond acceptors (Lipinski definition) is 3. The Kier molecular flexibility index (Phi) is 3.98. The van der Waals surface area contributed by atoms with Crippen LogP contribution in [0, 0.1) is 11.6 Å². The van der Waals surface area contributed by atoms with Gasteiger partial charge in [-0.25, -0.2) is 17.2 Å². The Hall–Kier alpha value is -0.590. The first-order valence-electron chi connectivity index (χ1n) is 3.89. The standard InChI is InChI=1S/C8H6Cl2F2O3S/c1-15-8-4(3-16(10,13)14)7(12)6(11)2-5(8)9/h2H,3H2,1H3. The molecule has 0 unspecified atom stereocenters. The van der Waals surface area contributed by atoms with E-state index in [0.717, 1.165) is 7.11 Å². The predicted octanol–water partition coefficient (Wildman–Crippen LogP) is 2.70. The predicted molar refractivity (Wildman–Crippen MR) is 56.4 cm³/mol. The molecule has 0 atom stereocenters. The highest BCUT2D eigenvalue weighted by Crippen LogP contribution is 2.34. The average molecular weight is 291 g/mol. The molecular formula is C8H6Cl2F2O3S. The molecule has 0 aliphatic rings. The molecule has 0 N–H and O–H groups in total. The minimum atomic E-state index is -4.04. The van der Waals surface area contributed by atoms with E-state index in [4.69, 9.17) is 27.0 Å². The summed E-state index contributed by atoms with van der Waals surface area (Å²) >= 11 is 5.57. The fraction of sp³-hybridized carbons (Fsp3) is 0.250. The van der Waals surface area contributed by atoms with Crippen molar-refractivity contribution < 1.29 is 21.9 Å². The molecule has 1 aromatic rings. The molecule has 8 heteroatoms. The molecule has 0 aromatic heterocycles. The van der Waals surface area contributed by atoms with Gasteiger partial charge in [0.1, 0.15) is 5.75 Å². The molecule has 0 radical (unpaired) electrons. The fourth-order valence-corrected chi connectivity index (χ4v) is 2.37. The van der Waals surface area contributed by atoms with Crippen LogP contribution in [0.3, 0.4) is 0 Å². The highest BCUT2D eigenvalue weighted by molar-refractivity contribution is 8.13. The van der Waals surface area contributed by atoms with Crippen LogP contribution in [0.1, 0.15) is 5.56 Å². The van der Waals surface area contributed by atoms with Gasteiger partial charge in [-0.05, 0) is 6.07 Å². The van der Waals surface area contributed by atoms with E-state index in [-0.39, 0.29) is 10.8 Å². The Balaban J connectivity index is 3.45. The van der Waals surface area contributed by atoms with Crippen LogP contribution in [0.15, 0.2) is 6.07 Å². The lowest BCUT2D eigenvalue weighted by Gasteiger charge is -2.10. The largest absolute Gasteiger partial charge is 0.495 e. The van der Waals surface area contributed by atoms with Crippen LogP contribution >= 0.6 is 22.3 Å². The van der Waals surface area contributed by atoms with Gasteiger partial charge in [-0.15, -0.1) is 0 Å². The first-order valence-corrected chi connectivity index (χ1v) is 6.74. The Bertz CT molecular complexity index is 517. The number of hydrogen-bond donors (Lipinski definition) is 0. The number of rotatable bonds is 3. The van der Waals surface area contributed by atoms with E-state index in [2.05, 4.69) is 0 Å². The topological polar surface area (TPSA) is 43.4 Å². The van der Waals surface area contributed by atoms with E-state index in [1.54, 1.807) is 0 Å². The molecule has 3 nitrogen and oxygen atoms in total. The SMILES string of the molecule is COc1c(Cl)cc(F)c(F)c1CS(=O)(=O)Cl. The van der Waals surface area contributed by atoms with Crippen molar-refractivity contribution in [3.63, 3.8) is 0 Å². The van der Waals surface area contributed by atoms with Gasteiger partial charge in [0, 0.05) is 10.7 Å². The third kappa shape index (κ3) is 2.96. The lowest BCUT2D eigenvalue weighted by Crippen LogP contribution is -2.04. The molecule has 0 saturated carbocycles. The second-order valence-electron chi connectivity index (χ2n) is 2.85. The maximum atomic E-state index is 13.3. The molecular weight excluding hydrogens is 285 g/mol. The molecule has 0 saturated heterocycles. The number of benzene rings is 1.